The fourth-order valence-corrected chi connectivity index (χ4v) is 3.05. The maximum Gasteiger partial charge on any atom is 0.325 e. The Morgan fingerprint density at radius 2 is 2.09 bits per heavy atom. The van der Waals surface area contributed by atoms with Crippen LogP contribution in [0.1, 0.15) is 25.3 Å². The molecule has 0 aliphatic carbocycles. The average molecular weight is 306 g/mol. The predicted molar refractivity (Wildman–Crippen MR) is 77.5 cm³/mol. The van der Waals surface area contributed by atoms with E-state index in [0.717, 1.165) is 19.4 Å². The lowest BCUT2D eigenvalue weighted by atomic mass is 9.91. The molecule has 2 aliphatic rings. The molecule has 22 heavy (non-hydrogen) atoms. The number of halogens is 1. The molecule has 2 heterocycles. The van der Waals surface area contributed by atoms with Gasteiger partial charge in [0.2, 0.25) is 0 Å². The van der Waals surface area contributed by atoms with Crippen LogP contribution in [0.3, 0.4) is 0 Å². The molecule has 0 saturated carbocycles. The third-order valence-electron chi connectivity index (χ3n) is 4.39. The smallest absolute Gasteiger partial charge is 0.325 e. The molecule has 0 bridgehead atoms. The Hall–Kier alpha value is -1.95. The summed E-state index contributed by atoms with van der Waals surface area (Å²) in [6.45, 7) is 3.33. The minimum absolute atomic E-state index is 0.180. The molecular weight excluding hydrogens is 287 g/mol. The second-order valence-corrected chi connectivity index (χ2v) is 6.06. The molecule has 118 valence electrons. The second-order valence-electron chi connectivity index (χ2n) is 6.06. The van der Waals surface area contributed by atoms with Crippen molar-refractivity contribution in [3.8, 4) is 0 Å². The third kappa shape index (κ3) is 2.59. The molecule has 3 amide bonds. The Balaban J connectivity index is 1.79. The first-order chi connectivity index (χ1) is 10.5. The zero-order valence-electron chi connectivity index (χ0n) is 12.5. The van der Waals surface area contributed by atoms with Gasteiger partial charge in [-0.1, -0.05) is 12.1 Å². The van der Waals surface area contributed by atoms with Crippen molar-refractivity contribution in [1.82, 2.24) is 10.2 Å². The topological polar surface area (TPSA) is 58.6 Å². The maximum atomic E-state index is 13.1. The van der Waals surface area contributed by atoms with Gasteiger partial charge < -0.3 is 10.1 Å². The highest BCUT2D eigenvalue weighted by molar-refractivity contribution is 6.07. The minimum Gasteiger partial charge on any atom is -0.381 e. The Morgan fingerprint density at radius 3 is 2.73 bits per heavy atom. The van der Waals surface area contributed by atoms with Gasteiger partial charge in [0.25, 0.3) is 5.91 Å². The predicted octanol–water partition coefficient (Wildman–Crippen LogP) is 2.02. The van der Waals surface area contributed by atoms with Crippen molar-refractivity contribution in [2.75, 3.05) is 19.8 Å². The van der Waals surface area contributed by atoms with E-state index >= 15 is 0 Å². The monoisotopic (exact) mass is 306 g/mol. The zero-order chi connectivity index (χ0) is 15.7. The number of benzene rings is 1. The number of carbonyl (C=O) groups is 2. The molecule has 1 aromatic carbocycles. The van der Waals surface area contributed by atoms with E-state index < -0.39 is 11.6 Å². The third-order valence-corrected chi connectivity index (χ3v) is 4.39. The van der Waals surface area contributed by atoms with Crippen molar-refractivity contribution in [2.45, 2.75) is 25.3 Å². The van der Waals surface area contributed by atoms with Gasteiger partial charge in [-0.25, -0.2) is 9.18 Å². The molecule has 6 heteroatoms. The van der Waals surface area contributed by atoms with Gasteiger partial charge in [0.1, 0.15) is 11.4 Å². The summed E-state index contributed by atoms with van der Waals surface area (Å²) < 4.78 is 18.5. The fraction of sp³-hybridized carbons (Fsp3) is 0.500. The number of nitrogens with one attached hydrogen (secondary N) is 1. The number of nitrogens with zero attached hydrogens (tertiary/aromatic N) is 1. The normalized spacial score (nSPS) is 28.8. The number of ether oxygens (including phenoxy) is 1. The van der Waals surface area contributed by atoms with Gasteiger partial charge in [0.15, 0.2) is 0 Å². The van der Waals surface area contributed by atoms with Crippen molar-refractivity contribution in [2.24, 2.45) is 5.92 Å². The van der Waals surface area contributed by atoms with E-state index in [-0.39, 0.29) is 17.6 Å². The number of hydrogen-bond acceptors (Lipinski definition) is 3. The molecule has 0 unspecified atom stereocenters. The number of imide groups is 1. The largest absolute Gasteiger partial charge is 0.381 e. The van der Waals surface area contributed by atoms with E-state index in [0.29, 0.717) is 18.7 Å². The van der Waals surface area contributed by atoms with Crippen LogP contribution < -0.4 is 5.32 Å². The van der Waals surface area contributed by atoms with E-state index in [9.17, 15) is 14.0 Å². The van der Waals surface area contributed by atoms with Crippen LogP contribution in [0.4, 0.5) is 9.18 Å². The highest BCUT2D eigenvalue weighted by Crippen LogP contribution is 2.30. The van der Waals surface area contributed by atoms with Gasteiger partial charge in [0, 0.05) is 19.1 Å². The number of urea groups is 1. The number of hydrogen-bond donors (Lipinski definition) is 1. The summed E-state index contributed by atoms with van der Waals surface area (Å²) in [6, 6.07) is 5.24. The standard InChI is InChI=1S/C16H19FN2O3/c1-16(12-4-6-13(17)7-5-12)14(20)19(15(21)18-16)9-11-3-2-8-22-10-11/h4-7,11H,2-3,8-10H2,1H3,(H,18,21)/t11-,16+/m0/s1. The molecule has 2 aliphatic heterocycles. The lowest BCUT2D eigenvalue weighted by molar-refractivity contribution is -0.131. The van der Waals surface area contributed by atoms with Crippen molar-refractivity contribution in [3.05, 3.63) is 35.6 Å². The van der Waals surface area contributed by atoms with Crippen LogP contribution in [0.25, 0.3) is 0 Å². The van der Waals surface area contributed by atoms with Crippen LogP contribution in [0.2, 0.25) is 0 Å². The van der Waals surface area contributed by atoms with Gasteiger partial charge in [-0.3, -0.25) is 9.69 Å². The molecule has 5 nitrogen and oxygen atoms in total. The first kappa shape index (κ1) is 15.0. The molecule has 0 spiro atoms. The number of amides is 3. The van der Waals surface area contributed by atoms with Gasteiger partial charge in [-0.2, -0.15) is 0 Å². The Morgan fingerprint density at radius 1 is 1.36 bits per heavy atom. The van der Waals surface area contributed by atoms with Crippen LogP contribution in [-0.4, -0.2) is 36.6 Å². The summed E-state index contributed by atoms with van der Waals surface area (Å²) >= 11 is 0. The molecular formula is C16H19FN2O3. The van der Waals surface area contributed by atoms with Gasteiger partial charge in [-0.05, 0) is 37.5 Å². The van der Waals surface area contributed by atoms with E-state index in [2.05, 4.69) is 5.32 Å². The van der Waals surface area contributed by atoms with E-state index in [4.69, 9.17) is 4.74 Å². The zero-order valence-corrected chi connectivity index (χ0v) is 12.5. The quantitative estimate of drug-likeness (QED) is 0.869. The van der Waals surface area contributed by atoms with Crippen molar-refractivity contribution in [1.29, 1.82) is 0 Å². The summed E-state index contributed by atoms with van der Waals surface area (Å²) in [5, 5.41) is 2.73. The van der Waals surface area contributed by atoms with Crippen LogP contribution in [-0.2, 0) is 15.1 Å². The molecule has 2 atom stereocenters. The highest BCUT2D eigenvalue weighted by atomic mass is 19.1. The van der Waals surface area contributed by atoms with Crippen LogP contribution in [0.5, 0.6) is 0 Å². The van der Waals surface area contributed by atoms with Gasteiger partial charge in [-0.15, -0.1) is 0 Å². The molecule has 3 rings (SSSR count). The van der Waals surface area contributed by atoms with Crippen LogP contribution in [0.15, 0.2) is 24.3 Å². The van der Waals surface area contributed by atoms with Crippen molar-refractivity contribution >= 4 is 11.9 Å². The lowest BCUT2D eigenvalue weighted by Gasteiger charge is -2.26. The summed E-state index contributed by atoms with van der Waals surface area (Å²) in [5.41, 5.74) is -0.560. The average Bonchev–Trinajstić information content (AvgIpc) is 2.73. The molecule has 0 radical (unpaired) electrons. The van der Waals surface area contributed by atoms with Crippen molar-refractivity contribution < 1.29 is 18.7 Å². The van der Waals surface area contributed by atoms with Gasteiger partial charge in [0.05, 0.1) is 6.61 Å². The first-order valence-electron chi connectivity index (χ1n) is 7.48. The SMILES string of the molecule is C[C@]1(c2ccc(F)cc2)NC(=O)N(C[C@@H]2CCCOC2)C1=O. The summed E-state index contributed by atoms with van der Waals surface area (Å²) in [4.78, 5) is 26.2. The van der Waals surface area contributed by atoms with E-state index in [1.807, 2.05) is 0 Å². The van der Waals surface area contributed by atoms with Crippen molar-refractivity contribution in [3.63, 3.8) is 0 Å². The second kappa shape index (κ2) is 5.68. The molecule has 1 aromatic rings. The van der Waals surface area contributed by atoms with Crippen LogP contribution >= 0.6 is 0 Å². The lowest BCUT2D eigenvalue weighted by Crippen LogP contribution is -2.42. The van der Waals surface area contributed by atoms with Gasteiger partial charge >= 0.3 is 6.03 Å². The Labute approximate surface area is 128 Å². The molecule has 0 aromatic heterocycles. The molecule has 1 N–H and O–H groups in total. The number of rotatable bonds is 3. The van der Waals surface area contributed by atoms with Crippen LogP contribution in [0, 0.1) is 11.7 Å². The molecule has 2 fully saturated rings. The maximum absolute atomic E-state index is 13.1. The highest BCUT2D eigenvalue weighted by Gasteiger charge is 2.49. The minimum atomic E-state index is -1.14. The van der Waals surface area contributed by atoms with E-state index in [1.165, 1.54) is 29.2 Å². The summed E-state index contributed by atoms with van der Waals surface area (Å²) in [5.74, 6) is -0.492. The molecule has 2 saturated heterocycles. The Bertz CT molecular complexity index is 584. The van der Waals surface area contributed by atoms with E-state index in [1.54, 1.807) is 6.92 Å². The first-order valence-corrected chi connectivity index (χ1v) is 7.48. The summed E-state index contributed by atoms with van der Waals surface area (Å²) in [7, 11) is 0. The fourth-order valence-electron chi connectivity index (χ4n) is 3.05. The Kier molecular flexibility index (Phi) is 3.87. The summed E-state index contributed by atoms with van der Waals surface area (Å²) in [6.07, 6.45) is 1.90. The number of carbonyl (C=O) groups excluding carboxylic acids is 2.